The van der Waals surface area contributed by atoms with E-state index in [2.05, 4.69) is 10.4 Å². The number of amides is 1. The number of rotatable bonds is 4. The lowest BCUT2D eigenvalue weighted by Gasteiger charge is -2.07. The van der Waals surface area contributed by atoms with Gasteiger partial charge in [0.2, 0.25) is 0 Å². The number of nitrogens with one attached hydrogen (secondary N) is 1. The molecule has 1 aromatic carbocycles. The number of nitrogen functional groups attached to an aromatic ring is 1. The standard InChI is InChI=1S/C14H16N4O3/c1-3-21-14(20)9-5-4-6-10(7-9)17-13(19)11-8-16-18(2)12(11)15/h4-8H,3,15H2,1-2H3,(H,17,19). The first-order valence-corrected chi connectivity index (χ1v) is 6.39. The highest BCUT2D eigenvalue weighted by atomic mass is 16.5. The fourth-order valence-electron chi connectivity index (χ4n) is 1.76. The number of aromatic nitrogens is 2. The van der Waals surface area contributed by atoms with Crippen molar-refractivity contribution >= 4 is 23.4 Å². The molecule has 7 heteroatoms. The van der Waals surface area contributed by atoms with E-state index in [0.717, 1.165) is 0 Å². The second-order valence-electron chi connectivity index (χ2n) is 4.32. The summed E-state index contributed by atoms with van der Waals surface area (Å²) in [6.45, 7) is 2.02. The lowest BCUT2D eigenvalue weighted by atomic mass is 10.2. The Morgan fingerprint density at radius 3 is 2.81 bits per heavy atom. The Balaban J connectivity index is 2.16. The van der Waals surface area contributed by atoms with Crippen molar-refractivity contribution in [3.05, 3.63) is 41.6 Å². The van der Waals surface area contributed by atoms with Gasteiger partial charge >= 0.3 is 5.97 Å². The van der Waals surface area contributed by atoms with Crippen LogP contribution in [0.5, 0.6) is 0 Å². The van der Waals surface area contributed by atoms with Crippen LogP contribution in [0.2, 0.25) is 0 Å². The number of hydrogen-bond donors (Lipinski definition) is 2. The minimum atomic E-state index is -0.436. The van der Waals surface area contributed by atoms with Crippen molar-refractivity contribution in [2.45, 2.75) is 6.92 Å². The molecule has 110 valence electrons. The molecular weight excluding hydrogens is 272 g/mol. The molecule has 2 rings (SSSR count). The number of nitrogens with zero attached hydrogens (tertiary/aromatic N) is 2. The second kappa shape index (κ2) is 6.08. The fourth-order valence-corrected chi connectivity index (χ4v) is 1.76. The van der Waals surface area contributed by atoms with Gasteiger partial charge in [-0.2, -0.15) is 5.10 Å². The van der Waals surface area contributed by atoms with Crippen molar-refractivity contribution in [3.63, 3.8) is 0 Å². The first kappa shape index (κ1) is 14.6. The number of carbonyl (C=O) groups excluding carboxylic acids is 2. The van der Waals surface area contributed by atoms with Gasteiger partial charge < -0.3 is 15.8 Å². The van der Waals surface area contributed by atoms with Crippen LogP contribution in [0.3, 0.4) is 0 Å². The van der Waals surface area contributed by atoms with Crippen molar-refractivity contribution in [2.24, 2.45) is 7.05 Å². The van der Waals surface area contributed by atoms with Crippen LogP contribution < -0.4 is 11.1 Å². The summed E-state index contributed by atoms with van der Waals surface area (Å²) in [7, 11) is 1.65. The molecule has 0 fully saturated rings. The SMILES string of the molecule is CCOC(=O)c1cccc(NC(=O)c2cnn(C)c2N)c1. The van der Waals surface area contributed by atoms with Crippen molar-refractivity contribution in [3.8, 4) is 0 Å². The second-order valence-corrected chi connectivity index (χ2v) is 4.32. The summed E-state index contributed by atoms with van der Waals surface area (Å²) in [6.07, 6.45) is 1.39. The van der Waals surface area contributed by atoms with Crippen LogP contribution in [0.1, 0.15) is 27.6 Å². The van der Waals surface area contributed by atoms with E-state index in [9.17, 15) is 9.59 Å². The van der Waals surface area contributed by atoms with Gasteiger partial charge in [0.05, 0.1) is 18.4 Å². The van der Waals surface area contributed by atoms with Crippen LogP contribution in [0.15, 0.2) is 30.5 Å². The zero-order chi connectivity index (χ0) is 15.4. The Labute approximate surface area is 121 Å². The van der Waals surface area contributed by atoms with Gasteiger partial charge in [-0.05, 0) is 25.1 Å². The third-order valence-corrected chi connectivity index (χ3v) is 2.86. The molecule has 21 heavy (non-hydrogen) atoms. The van der Waals surface area contributed by atoms with E-state index >= 15 is 0 Å². The summed E-state index contributed by atoms with van der Waals surface area (Å²) in [5.41, 5.74) is 6.87. The molecule has 0 atom stereocenters. The number of hydrogen-bond acceptors (Lipinski definition) is 5. The van der Waals surface area contributed by atoms with E-state index in [1.165, 1.54) is 10.9 Å². The van der Waals surface area contributed by atoms with Crippen molar-refractivity contribution in [2.75, 3.05) is 17.7 Å². The van der Waals surface area contributed by atoms with Gasteiger partial charge in [-0.25, -0.2) is 4.79 Å². The summed E-state index contributed by atoms with van der Waals surface area (Å²) >= 11 is 0. The molecule has 0 spiro atoms. The highest BCUT2D eigenvalue weighted by molar-refractivity contribution is 6.07. The molecule has 0 radical (unpaired) electrons. The van der Waals surface area contributed by atoms with Gasteiger partial charge in [0.15, 0.2) is 0 Å². The molecule has 2 aromatic rings. The summed E-state index contributed by atoms with van der Waals surface area (Å²) < 4.78 is 6.32. The Bertz CT molecular complexity index is 679. The molecule has 0 aliphatic carbocycles. The topological polar surface area (TPSA) is 99.2 Å². The smallest absolute Gasteiger partial charge is 0.338 e. The minimum Gasteiger partial charge on any atom is -0.462 e. The van der Waals surface area contributed by atoms with Gasteiger partial charge in [-0.1, -0.05) is 6.07 Å². The van der Waals surface area contributed by atoms with Crippen molar-refractivity contribution < 1.29 is 14.3 Å². The molecule has 3 N–H and O–H groups in total. The average molecular weight is 288 g/mol. The van der Waals surface area contributed by atoms with E-state index in [4.69, 9.17) is 10.5 Å². The zero-order valence-corrected chi connectivity index (χ0v) is 11.8. The average Bonchev–Trinajstić information content (AvgIpc) is 2.79. The number of ether oxygens (including phenoxy) is 1. The normalized spacial score (nSPS) is 10.2. The molecule has 0 saturated heterocycles. The third kappa shape index (κ3) is 3.19. The lowest BCUT2D eigenvalue weighted by molar-refractivity contribution is 0.0526. The highest BCUT2D eigenvalue weighted by Crippen LogP contribution is 2.15. The van der Waals surface area contributed by atoms with Crippen LogP contribution in [-0.2, 0) is 11.8 Å². The molecule has 0 aliphatic rings. The Morgan fingerprint density at radius 1 is 1.43 bits per heavy atom. The van der Waals surface area contributed by atoms with Crippen LogP contribution >= 0.6 is 0 Å². The quantitative estimate of drug-likeness (QED) is 0.829. The van der Waals surface area contributed by atoms with Gasteiger partial charge in [-0.15, -0.1) is 0 Å². The van der Waals surface area contributed by atoms with Crippen LogP contribution in [-0.4, -0.2) is 28.3 Å². The Morgan fingerprint density at radius 2 is 2.19 bits per heavy atom. The Hall–Kier alpha value is -2.83. The maximum atomic E-state index is 12.1. The number of benzene rings is 1. The summed E-state index contributed by atoms with van der Waals surface area (Å²) in [5, 5.41) is 6.58. The van der Waals surface area contributed by atoms with E-state index < -0.39 is 5.97 Å². The summed E-state index contributed by atoms with van der Waals surface area (Å²) in [4.78, 5) is 23.7. The number of carbonyl (C=O) groups is 2. The molecule has 0 saturated carbocycles. The lowest BCUT2D eigenvalue weighted by Crippen LogP contribution is -2.14. The zero-order valence-electron chi connectivity index (χ0n) is 11.8. The van der Waals surface area contributed by atoms with Gasteiger partial charge in [0.25, 0.3) is 5.91 Å². The molecule has 0 bridgehead atoms. The van der Waals surface area contributed by atoms with E-state index in [-0.39, 0.29) is 17.3 Å². The number of nitrogens with two attached hydrogens (primary N) is 1. The van der Waals surface area contributed by atoms with Gasteiger partial charge in [-0.3, -0.25) is 9.48 Å². The van der Waals surface area contributed by atoms with E-state index in [0.29, 0.717) is 17.9 Å². The van der Waals surface area contributed by atoms with Crippen molar-refractivity contribution in [1.29, 1.82) is 0 Å². The maximum absolute atomic E-state index is 12.1. The van der Waals surface area contributed by atoms with Crippen LogP contribution in [0, 0.1) is 0 Å². The highest BCUT2D eigenvalue weighted by Gasteiger charge is 2.14. The summed E-state index contributed by atoms with van der Waals surface area (Å²) in [6, 6.07) is 6.50. The minimum absolute atomic E-state index is 0.272. The van der Waals surface area contributed by atoms with Crippen LogP contribution in [0.4, 0.5) is 11.5 Å². The van der Waals surface area contributed by atoms with E-state index in [1.54, 1.807) is 38.2 Å². The molecule has 1 aromatic heterocycles. The first-order chi connectivity index (χ1) is 10.0. The number of anilines is 2. The molecule has 7 nitrogen and oxygen atoms in total. The third-order valence-electron chi connectivity index (χ3n) is 2.86. The first-order valence-electron chi connectivity index (χ1n) is 6.39. The monoisotopic (exact) mass is 288 g/mol. The fraction of sp³-hybridized carbons (Fsp3) is 0.214. The predicted molar refractivity (Wildman–Crippen MR) is 78.0 cm³/mol. The van der Waals surface area contributed by atoms with E-state index in [1.807, 2.05) is 0 Å². The molecule has 1 amide bonds. The Kier molecular flexibility index (Phi) is 4.22. The predicted octanol–water partition coefficient (Wildman–Crippen LogP) is 1.43. The van der Waals surface area contributed by atoms with Gasteiger partial charge in [0.1, 0.15) is 11.4 Å². The number of esters is 1. The molecular formula is C14H16N4O3. The van der Waals surface area contributed by atoms with Crippen LogP contribution in [0.25, 0.3) is 0 Å². The van der Waals surface area contributed by atoms with Crippen molar-refractivity contribution in [1.82, 2.24) is 9.78 Å². The van der Waals surface area contributed by atoms with Gasteiger partial charge in [0, 0.05) is 12.7 Å². The number of aryl methyl sites for hydroxylation is 1. The molecule has 0 unspecified atom stereocenters. The maximum Gasteiger partial charge on any atom is 0.338 e. The molecule has 0 aliphatic heterocycles. The largest absolute Gasteiger partial charge is 0.462 e. The summed E-state index contributed by atoms with van der Waals surface area (Å²) in [5.74, 6) is -0.551. The molecule has 1 heterocycles.